The van der Waals surface area contributed by atoms with Crippen LogP contribution in [0.4, 0.5) is 5.69 Å². The number of carbonyl (C=O) groups excluding carboxylic acids is 2. The van der Waals surface area contributed by atoms with Gasteiger partial charge in [-0.2, -0.15) is 0 Å². The zero-order chi connectivity index (χ0) is 19.3. The van der Waals surface area contributed by atoms with Crippen LogP contribution in [0.15, 0.2) is 30.3 Å². The molecule has 0 atom stereocenters. The first-order valence-corrected chi connectivity index (χ1v) is 7.76. The molecule has 0 saturated carbocycles. The molecule has 7 heteroatoms. The first-order chi connectivity index (χ1) is 12.5. The molecule has 0 radical (unpaired) electrons. The number of benzene rings is 2. The summed E-state index contributed by atoms with van der Waals surface area (Å²) in [6.07, 6.45) is 0. The molecule has 0 aromatic heterocycles. The van der Waals surface area contributed by atoms with E-state index in [0.717, 1.165) is 0 Å². The molecule has 0 spiro atoms. The normalized spacial score (nSPS) is 10.0. The summed E-state index contributed by atoms with van der Waals surface area (Å²) in [5.41, 5.74) is 1.57. The van der Waals surface area contributed by atoms with Gasteiger partial charge in [-0.05, 0) is 18.6 Å². The zero-order valence-electron chi connectivity index (χ0n) is 15.3. The molecule has 1 N–H and O–H groups in total. The third-order valence-corrected chi connectivity index (χ3v) is 3.86. The van der Waals surface area contributed by atoms with Crippen LogP contribution in [0.3, 0.4) is 0 Å². The van der Waals surface area contributed by atoms with Crippen molar-refractivity contribution in [3.05, 3.63) is 47.0 Å². The molecular weight excluding hydrogens is 338 g/mol. The summed E-state index contributed by atoms with van der Waals surface area (Å²) in [5.74, 6) is 0.145. The standard InChI is InChI=1S/C19H21NO6/c1-11-7-6-8-13(17(11)19(22)26-5)20-18(21)12-9-15(24-3)16(25-4)10-14(12)23-2/h6-10H,1-5H3,(H,20,21). The summed E-state index contributed by atoms with van der Waals surface area (Å²) in [5, 5.41) is 2.73. The number of esters is 1. The Morgan fingerprint density at radius 3 is 2.08 bits per heavy atom. The Kier molecular flexibility index (Phi) is 6.06. The van der Waals surface area contributed by atoms with E-state index in [1.807, 2.05) is 0 Å². The van der Waals surface area contributed by atoms with E-state index in [4.69, 9.17) is 18.9 Å². The second kappa shape index (κ2) is 8.24. The maximum absolute atomic E-state index is 12.8. The van der Waals surface area contributed by atoms with E-state index in [1.165, 1.54) is 34.5 Å². The second-order valence-electron chi connectivity index (χ2n) is 5.35. The van der Waals surface area contributed by atoms with E-state index in [2.05, 4.69) is 5.32 Å². The molecule has 7 nitrogen and oxygen atoms in total. The number of amides is 1. The molecule has 26 heavy (non-hydrogen) atoms. The lowest BCUT2D eigenvalue weighted by atomic mass is 10.1. The number of methoxy groups -OCH3 is 4. The highest BCUT2D eigenvalue weighted by Crippen LogP contribution is 2.35. The molecule has 1 amide bonds. The number of carbonyl (C=O) groups is 2. The Morgan fingerprint density at radius 1 is 0.885 bits per heavy atom. The molecule has 138 valence electrons. The summed E-state index contributed by atoms with van der Waals surface area (Å²) in [6, 6.07) is 8.21. The monoisotopic (exact) mass is 359 g/mol. The molecule has 0 fully saturated rings. The maximum atomic E-state index is 12.8. The third-order valence-electron chi connectivity index (χ3n) is 3.86. The lowest BCUT2D eigenvalue weighted by Gasteiger charge is -2.15. The number of aryl methyl sites for hydroxylation is 1. The van der Waals surface area contributed by atoms with Crippen molar-refractivity contribution in [2.45, 2.75) is 6.92 Å². The highest BCUT2D eigenvalue weighted by molar-refractivity contribution is 6.10. The lowest BCUT2D eigenvalue weighted by molar-refractivity contribution is 0.0601. The molecule has 0 bridgehead atoms. The quantitative estimate of drug-likeness (QED) is 0.798. The Labute approximate surface area is 151 Å². The third kappa shape index (κ3) is 3.72. The van der Waals surface area contributed by atoms with Crippen molar-refractivity contribution in [1.29, 1.82) is 0 Å². The summed E-state index contributed by atoms with van der Waals surface area (Å²) in [4.78, 5) is 24.8. The lowest BCUT2D eigenvalue weighted by Crippen LogP contribution is -2.17. The molecule has 2 aromatic rings. The SMILES string of the molecule is COC(=O)c1c(C)cccc1NC(=O)c1cc(OC)c(OC)cc1OC. The molecule has 0 heterocycles. The Bertz CT molecular complexity index is 831. The molecule has 0 unspecified atom stereocenters. The first kappa shape index (κ1) is 19.1. The van der Waals surface area contributed by atoms with E-state index < -0.39 is 11.9 Å². The van der Waals surface area contributed by atoms with Gasteiger partial charge in [0.2, 0.25) is 0 Å². The molecule has 0 aliphatic rings. The predicted molar refractivity (Wildman–Crippen MR) is 96.6 cm³/mol. The molecule has 0 aliphatic carbocycles. The molecule has 0 aliphatic heterocycles. The summed E-state index contributed by atoms with van der Waals surface area (Å²) in [7, 11) is 5.71. The van der Waals surface area contributed by atoms with Crippen LogP contribution in [0.1, 0.15) is 26.3 Å². The topological polar surface area (TPSA) is 83.1 Å². The van der Waals surface area contributed by atoms with Crippen LogP contribution < -0.4 is 19.5 Å². The van der Waals surface area contributed by atoms with Crippen LogP contribution in [0.25, 0.3) is 0 Å². The molecule has 2 aromatic carbocycles. The van der Waals surface area contributed by atoms with Crippen molar-refractivity contribution in [2.75, 3.05) is 33.8 Å². The number of nitrogens with one attached hydrogen (secondary N) is 1. The van der Waals surface area contributed by atoms with Crippen LogP contribution >= 0.6 is 0 Å². The van der Waals surface area contributed by atoms with Gasteiger partial charge in [0.15, 0.2) is 11.5 Å². The second-order valence-corrected chi connectivity index (χ2v) is 5.35. The van der Waals surface area contributed by atoms with Gasteiger partial charge in [0.05, 0.1) is 45.3 Å². The summed E-state index contributed by atoms with van der Waals surface area (Å²) in [6.45, 7) is 1.76. The number of hydrogen-bond acceptors (Lipinski definition) is 6. The van der Waals surface area contributed by atoms with Gasteiger partial charge in [-0.1, -0.05) is 12.1 Å². The van der Waals surface area contributed by atoms with Crippen LogP contribution in [0.5, 0.6) is 17.2 Å². The van der Waals surface area contributed by atoms with Gasteiger partial charge < -0.3 is 24.3 Å². The van der Waals surface area contributed by atoms with E-state index in [-0.39, 0.29) is 5.56 Å². The van der Waals surface area contributed by atoms with Gasteiger partial charge in [0, 0.05) is 12.1 Å². The van der Waals surface area contributed by atoms with Gasteiger partial charge in [-0.15, -0.1) is 0 Å². The van der Waals surface area contributed by atoms with E-state index in [1.54, 1.807) is 31.2 Å². The molecule has 0 saturated heterocycles. The van der Waals surface area contributed by atoms with Crippen LogP contribution in [0, 0.1) is 6.92 Å². The van der Waals surface area contributed by atoms with Gasteiger partial charge in [0.25, 0.3) is 5.91 Å². The molecule has 2 rings (SSSR count). The van der Waals surface area contributed by atoms with Crippen molar-refractivity contribution < 1.29 is 28.5 Å². The van der Waals surface area contributed by atoms with Crippen molar-refractivity contribution in [3.63, 3.8) is 0 Å². The van der Waals surface area contributed by atoms with Crippen molar-refractivity contribution in [2.24, 2.45) is 0 Å². The van der Waals surface area contributed by atoms with Crippen molar-refractivity contribution in [1.82, 2.24) is 0 Å². The Hall–Kier alpha value is -3.22. The van der Waals surface area contributed by atoms with Crippen molar-refractivity contribution >= 4 is 17.6 Å². The number of anilines is 1. The Balaban J connectivity index is 2.46. The number of ether oxygens (including phenoxy) is 4. The van der Waals surface area contributed by atoms with E-state index in [0.29, 0.717) is 34.1 Å². The van der Waals surface area contributed by atoms with E-state index in [9.17, 15) is 9.59 Å². The number of hydrogen-bond donors (Lipinski definition) is 1. The van der Waals surface area contributed by atoms with Gasteiger partial charge in [-0.3, -0.25) is 4.79 Å². The fourth-order valence-electron chi connectivity index (χ4n) is 2.54. The summed E-state index contributed by atoms with van der Waals surface area (Å²) < 4.78 is 20.5. The fourth-order valence-corrected chi connectivity index (χ4v) is 2.54. The van der Waals surface area contributed by atoms with Crippen LogP contribution in [0.2, 0.25) is 0 Å². The fraction of sp³-hybridized carbons (Fsp3) is 0.263. The highest BCUT2D eigenvalue weighted by Gasteiger charge is 2.21. The minimum atomic E-state index is -0.530. The van der Waals surface area contributed by atoms with Gasteiger partial charge >= 0.3 is 5.97 Å². The maximum Gasteiger partial charge on any atom is 0.340 e. The molecular formula is C19H21NO6. The number of rotatable bonds is 6. The first-order valence-electron chi connectivity index (χ1n) is 7.76. The minimum absolute atomic E-state index is 0.238. The average Bonchev–Trinajstić information content (AvgIpc) is 2.66. The largest absolute Gasteiger partial charge is 0.496 e. The highest BCUT2D eigenvalue weighted by atomic mass is 16.5. The minimum Gasteiger partial charge on any atom is -0.496 e. The van der Waals surface area contributed by atoms with Gasteiger partial charge in [0.1, 0.15) is 5.75 Å². The van der Waals surface area contributed by atoms with Crippen LogP contribution in [-0.2, 0) is 4.74 Å². The average molecular weight is 359 g/mol. The Morgan fingerprint density at radius 2 is 1.50 bits per heavy atom. The van der Waals surface area contributed by atoms with Crippen LogP contribution in [-0.4, -0.2) is 40.3 Å². The predicted octanol–water partition coefficient (Wildman–Crippen LogP) is 3.06. The summed E-state index contributed by atoms with van der Waals surface area (Å²) >= 11 is 0. The van der Waals surface area contributed by atoms with Crippen molar-refractivity contribution in [3.8, 4) is 17.2 Å². The smallest absolute Gasteiger partial charge is 0.340 e. The van der Waals surface area contributed by atoms with E-state index >= 15 is 0 Å². The zero-order valence-corrected chi connectivity index (χ0v) is 15.3. The van der Waals surface area contributed by atoms with Gasteiger partial charge in [-0.25, -0.2) is 4.79 Å².